The number of carbonyl (C=O) groups excluding carboxylic acids is 3. The van der Waals surface area contributed by atoms with Crippen molar-refractivity contribution in [3.63, 3.8) is 0 Å². The van der Waals surface area contributed by atoms with Crippen LogP contribution < -0.4 is 25.0 Å². The smallest absolute Gasteiger partial charge is 0.243 e. The third kappa shape index (κ3) is 4.84. The maximum Gasteiger partial charge on any atom is 0.243 e. The average Bonchev–Trinajstić information content (AvgIpc) is 3.43. The minimum atomic E-state index is -0.593. The van der Waals surface area contributed by atoms with Crippen LogP contribution in [0.4, 0.5) is 5.69 Å². The summed E-state index contributed by atoms with van der Waals surface area (Å²) in [6.07, 6.45) is 6.36. The summed E-state index contributed by atoms with van der Waals surface area (Å²) >= 11 is 0. The first kappa shape index (κ1) is 22.4. The van der Waals surface area contributed by atoms with Crippen molar-refractivity contribution in [3.8, 4) is 11.5 Å². The Balaban J connectivity index is 1.39. The molecule has 1 saturated heterocycles. The Kier molecular flexibility index (Phi) is 6.86. The number of nitrogens with one attached hydrogen (secondary N) is 2. The maximum atomic E-state index is 13.1. The second-order valence-corrected chi connectivity index (χ2v) is 9.16. The minimum absolute atomic E-state index is 0.00427. The largest absolute Gasteiger partial charge is 0.454 e. The molecule has 2 aliphatic heterocycles. The molecule has 8 heteroatoms. The van der Waals surface area contributed by atoms with Crippen LogP contribution in [-0.4, -0.2) is 43.1 Å². The zero-order chi connectivity index (χ0) is 22.7. The summed E-state index contributed by atoms with van der Waals surface area (Å²) in [6, 6.07) is 4.93. The number of rotatable bonds is 7. The molecule has 0 aromatic heterocycles. The van der Waals surface area contributed by atoms with Crippen molar-refractivity contribution < 1.29 is 23.9 Å². The number of amides is 3. The van der Waals surface area contributed by atoms with E-state index in [2.05, 4.69) is 10.6 Å². The van der Waals surface area contributed by atoms with Crippen molar-refractivity contribution in [2.24, 2.45) is 11.8 Å². The van der Waals surface area contributed by atoms with E-state index >= 15 is 0 Å². The first-order valence-corrected chi connectivity index (χ1v) is 11.8. The highest BCUT2D eigenvalue weighted by Gasteiger charge is 2.38. The lowest BCUT2D eigenvalue weighted by Crippen LogP contribution is -2.54. The number of carbonyl (C=O) groups is 3. The molecule has 0 spiro atoms. The number of ether oxygens (including phenoxy) is 2. The van der Waals surface area contributed by atoms with E-state index in [9.17, 15) is 14.4 Å². The topological polar surface area (TPSA) is 97.0 Å². The van der Waals surface area contributed by atoms with E-state index in [4.69, 9.17) is 9.47 Å². The monoisotopic (exact) mass is 443 g/mol. The van der Waals surface area contributed by atoms with E-state index in [1.807, 2.05) is 13.8 Å². The van der Waals surface area contributed by atoms with Gasteiger partial charge in [-0.15, -0.1) is 0 Å². The SMILES string of the molecule is CC[C@H](C)[C@H](NC(=O)[C@H]1CC(=O)N(c2ccc3c(c2)OCO3)C1)C(=O)NC1CCCCC1. The zero-order valence-corrected chi connectivity index (χ0v) is 18.9. The lowest BCUT2D eigenvalue weighted by atomic mass is 9.93. The summed E-state index contributed by atoms with van der Waals surface area (Å²) in [5.74, 6) is 0.277. The van der Waals surface area contributed by atoms with Crippen LogP contribution in [0.3, 0.4) is 0 Å². The molecule has 1 aromatic rings. The Hall–Kier alpha value is -2.77. The summed E-state index contributed by atoms with van der Waals surface area (Å²) in [5, 5.41) is 6.10. The molecule has 3 aliphatic rings. The lowest BCUT2D eigenvalue weighted by Gasteiger charge is -2.29. The Morgan fingerprint density at radius 1 is 1.16 bits per heavy atom. The second kappa shape index (κ2) is 9.79. The number of hydrogen-bond donors (Lipinski definition) is 2. The van der Waals surface area contributed by atoms with Crippen LogP contribution in [-0.2, 0) is 14.4 Å². The molecule has 2 heterocycles. The van der Waals surface area contributed by atoms with Gasteiger partial charge in [0.05, 0.1) is 5.92 Å². The standard InChI is InChI=1S/C24H33N3O5/c1-3-15(2)22(24(30)25-17-7-5-4-6-8-17)26-23(29)16-11-21(28)27(13-16)18-9-10-19-20(12-18)32-14-31-19/h9-10,12,15-17,22H,3-8,11,13-14H2,1-2H3,(H,25,30)(H,26,29)/t15-,16-,22-/m0/s1. The molecule has 1 aromatic carbocycles. The Labute approximate surface area is 189 Å². The molecule has 0 unspecified atom stereocenters. The molecule has 0 radical (unpaired) electrons. The van der Waals surface area contributed by atoms with Crippen LogP contribution in [0.1, 0.15) is 58.8 Å². The third-order valence-corrected chi connectivity index (χ3v) is 6.91. The van der Waals surface area contributed by atoms with Gasteiger partial charge in [-0.2, -0.15) is 0 Å². The molecule has 2 fully saturated rings. The normalized spacial score (nSPS) is 22.5. The molecule has 3 atom stereocenters. The van der Waals surface area contributed by atoms with Gasteiger partial charge < -0.3 is 25.0 Å². The van der Waals surface area contributed by atoms with Gasteiger partial charge in [-0.3, -0.25) is 14.4 Å². The van der Waals surface area contributed by atoms with Gasteiger partial charge in [0.1, 0.15) is 6.04 Å². The van der Waals surface area contributed by atoms with Crippen molar-refractivity contribution in [2.75, 3.05) is 18.2 Å². The van der Waals surface area contributed by atoms with E-state index in [-0.39, 0.29) is 49.4 Å². The molecular formula is C24H33N3O5. The van der Waals surface area contributed by atoms with Gasteiger partial charge in [0, 0.05) is 30.8 Å². The predicted molar refractivity (Wildman–Crippen MR) is 119 cm³/mol. The first-order valence-electron chi connectivity index (χ1n) is 11.8. The highest BCUT2D eigenvalue weighted by Crippen LogP contribution is 2.37. The number of fused-ring (bicyclic) bond motifs is 1. The number of anilines is 1. The van der Waals surface area contributed by atoms with Crippen LogP contribution in [0.25, 0.3) is 0 Å². The van der Waals surface area contributed by atoms with Gasteiger partial charge in [0.2, 0.25) is 24.5 Å². The van der Waals surface area contributed by atoms with Gasteiger partial charge >= 0.3 is 0 Å². The molecule has 4 rings (SSSR count). The van der Waals surface area contributed by atoms with E-state index in [1.165, 1.54) is 6.42 Å². The summed E-state index contributed by atoms with van der Waals surface area (Å²) < 4.78 is 10.7. The number of hydrogen-bond acceptors (Lipinski definition) is 5. The Bertz CT molecular complexity index is 867. The zero-order valence-electron chi connectivity index (χ0n) is 18.9. The number of nitrogens with zero attached hydrogens (tertiary/aromatic N) is 1. The highest BCUT2D eigenvalue weighted by atomic mass is 16.7. The van der Waals surface area contributed by atoms with E-state index in [0.717, 1.165) is 32.1 Å². The predicted octanol–water partition coefficient (Wildman–Crippen LogP) is 2.75. The van der Waals surface area contributed by atoms with Crippen LogP contribution in [0.5, 0.6) is 11.5 Å². The highest BCUT2D eigenvalue weighted by molar-refractivity contribution is 6.01. The van der Waals surface area contributed by atoms with Crippen LogP contribution in [0.15, 0.2) is 18.2 Å². The molecular weight excluding hydrogens is 410 g/mol. The third-order valence-electron chi connectivity index (χ3n) is 6.91. The lowest BCUT2D eigenvalue weighted by molar-refractivity contribution is -0.132. The van der Waals surface area contributed by atoms with Crippen molar-refractivity contribution in [1.29, 1.82) is 0 Å². The van der Waals surface area contributed by atoms with E-state index in [1.54, 1.807) is 23.1 Å². The Morgan fingerprint density at radius 3 is 2.66 bits per heavy atom. The fraction of sp³-hybridized carbons (Fsp3) is 0.625. The van der Waals surface area contributed by atoms with Crippen molar-refractivity contribution in [2.45, 2.75) is 70.9 Å². The van der Waals surface area contributed by atoms with Gasteiger partial charge in [-0.25, -0.2) is 0 Å². The summed E-state index contributed by atoms with van der Waals surface area (Å²) in [4.78, 5) is 40.3. The molecule has 1 saturated carbocycles. The molecule has 32 heavy (non-hydrogen) atoms. The Morgan fingerprint density at radius 2 is 1.91 bits per heavy atom. The average molecular weight is 444 g/mol. The summed E-state index contributed by atoms with van der Waals surface area (Å²) in [6.45, 7) is 4.43. The molecule has 3 amide bonds. The van der Waals surface area contributed by atoms with E-state index < -0.39 is 12.0 Å². The molecule has 8 nitrogen and oxygen atoms in total. The van der Waals surface area contributed by atoms with E-state index in [0.29, 0.717) is 17.2 Å². The van der Waals surface area contributed by atoms with Crippen molar-refractivity contribution >= 4 is 23.4 Å². The van der Waals surface area contributed by atoms with Gasteiger partial charge in [-0.1, -0.05) is 39.5 Å². The molecule has 0 bridgehead atoms. The molecule has 1 aliphatic carbocycles. The van der Waals surface area contributed by atoms with Gasteiger partial charge in [-0.05, 0) is 30.9 Å². The maximum absolute atomic E-state index is 13.1. The van der Waals surface area contributed by atoms with Gasteiger partial charge in [0.15, 0.2) is 11.5 Å². The van der Waals surface area contributed by atoms with Crippen LogP contribution >= 0.6 is 0 Å². The summed E-state index contributed by atoms with van der Waals surface area (Å²) in [5.41, 5.74) is 0.683. The fourth-order valence-corrected chi connectivity index (χ4v) is 4.70. The fourth-order valence-electron chi connectivity index (χ4n) is 4.70. The minimum Gasteiger partial charge on any atom is -0.454 e. The van der Waals surface area contributed by atoms with Crippen LogP contribution in [0, 0.1) is 11.8 Å². The van der Waals surface area contributed by atoms with Crippen molar-refractivity contribution in [1.82, 2.24) is 10.6 Å². The summed E-state index contributed by atoms with van der Waals surface area (Å²) in [7, 11) is 0. The second-order valence-electron chi connectivity index (χ2n) is 9.16. The molecule has 2 N–H and O–H groups in total. The number of benzene rings is 1. The van der Waals surface area contributed by atoms with Crippen LogP contribution in [0.2, 0.25) is 0 Å². The van der Waals surface area contributed by atoms with Crippen molar-refractivity contribution in [3.05, 3.63) is 18.2 Å². The molecule has 174 valence electrons. The quantitative estimate of drug-likeness (QED) is 0.675. The first-order chi connectivity index (χ1) is 15.5. The van der Waals surface area contributed by atoms with Gasteiger partial charge in [0.25, 0.3) is 0 Å².